The Morgan fingerprint density at radius 2 is 1.71 bits per heavy atom. The molecule has 1 fully saturated rings. The van der Waals surface area contributed by atoms with Crippen molar-refractivity contribution in [3.63, 3.8) is 0 Å². The average Bonchev–Trinajstić information content (AvgIpc) is 2.86. The molecule has 38 heavy (non-hydrogen) atoms. The van der Waals surface area contributed by atoms with E-state index in [1.165, 1.54) is 7.11 Å². The molecule has 2 aromatic rings. The number of rotatable bonds is 8. The molecule has 2 aromatic carbocycles. The topological polar surface area (TPSA) is 103 Å². The highest BCUT2D eigenvalue weighted by Gasteiger charge is 2.25. The van der Waals surface area contributed by atoms with Gasteiger partial charge in [0.2, 0.25) is 0 Å². The number of hydrogen-bond donors (Lipinski definition) is 3. The Hall–Kier alpha value is -3.59. The zero-order valence-corrected chi connectivity index (χ0v) is 23.4. The predicted molar refractivity (Wildman–Crippen MR) is 150 cm³/mol. The number of benzene rings is 2. The first-order chi connectivity index (χ1) is 17.9. The molecule has 0 saturated carbocycles. The van der Waals surface area contributed by atoms with Gasteiger partial charge in [-0.1, -0.05) is 26.0 Å². The maximum atomic E-state index is 13.3. The van der Waals surface area contributed by atoms with Crippen LogP contribution in [0.1, 0.15) is 60.9 Å². The molecule has 0 radical (unpaired) electrons. The number of carbonyl (C=O) groups is 3. The van der Waals surface area contributed by atoms with E-state index >= 15 is 0 Å². The van der Waals surface area contributed by atoms with Crippen LogP contribution >= 0.6 is 0 Å². The van der Waals surface area contributed by atoms with Crippen molar-refractivity contribution in [2.75, 3.05) is 45.2 Å². The molecule has 0 atom stereocenters. The van der Waals surface area contributed by atoms with Gasteiger partial charge in [-0.15, -0.1) is 0 Å². The van der Waals surface area contributed by atoms with Crippen molar-refractivity contribution in [3.05, 3.63) is 59.2 Å². The van der Waals surface area contributed by atoms with Crippen LogP contribution in [0.5, 0.6) is 5.75 Å². The minimum Gasteiger partial charge on any atom is -0.496 e. The Labute approximate surface area is 225 Å². The number of nitrogens with zero attached hydrogens (tertiary/aromatic N) is 2. The number of amides is 4. The molecule has 0 aliphatic carbocycles. The van der Waals surface area contributed by atoms with Crippen LogP contribution in [0.2, 0.25) is 0 Å². The molecule has 0 spiro atoms. The highest BCUT2D eigenvalue weighted by molar-refractivity contribution is 5.98. The number of carbonyl (C=O) groups excluding carboxylic acids is 3. The molecule has 0 bridgehead atoms. The highest BCUT2D eigenvalue weighted by atomic mass is 16.5. The molecule has 1 saturated heterocycles. The van der Waals surface area contributed by atoms with Crippen LogP contribution in [0.3, 0.4) is 0 Å². The van der Waals surface area contributed by atoms with Gasteiger partial charge in [0.1, 0.15) is 5.75 Å². The lowest BCUT2D eigenvalue weighted by atomic mass is 10.1. The molecule has 0 aromatic heterocycles. The third-order valence-corrected chi connectivity index (χ3v) is 6.10. The Kier molecular flexibility index (Phi) is 9.74. The second kappa shape index (κ2) is 12.8. The van der Waals surface area contributed by atoms with E-state index in [2.05, 4.69) is 20.9 Å². The van der Waals surface area contributed by atoms with Crippen LogP contribution in [0, 0.1) is 5.92 Å². The van der Waals surface area contributed by atoms with Crippen molar-refractivity contribution in [3.8, 4) is 5.75 Å². The maximum absolute atomic E-state index is 13.3. The average molecular weight is 524 g/mol. The fourth-order valence-electron chi connectivity index (χ4n) is 4.18. The van der Waals surface area contributed by atoms with E-state index in [9.17, 15) is 14.4 Å². The number of piperazine rings is 1. The normalized spacial score (nSPS) is 14.2. The first-order valence-corrected chi connectivity index (χ1v) is 13.1. The van der Waals surface area contributed by atoms with Crippen LogP contribution in [0.25, 0.3) is 0 Å². The van der Waals surface area contributed by atoms with Gasteiger partial charge in [-0.3, -0.25) is 14.5 Å². The maximum Gasteiger partial charge on any atom is 0.319 e. The van der Waals surface area contributed by atoms with Crippen molar-refractivity contribution < 1.29 is 19.1 Å². The van der Waals surface area contributed by atoms with E-state index in [4.69, 9.17) is 4.74 Å². The van der Waals surface area contributed by atoms with Crippen LogP contribution in [-0.4, -0.2) is 73.0 Å². The van der Waals surface area contributed by atoms with Crippen LogP contribution in [-0.2, 0) is 6.54 Å². The lowest BCUT2D eigenvalue weighted by Crippen LogP contribution is -2.48. The second-order valence-corrected chi connectivity index (χ2v) is 11.1. The van der Waals surface area contributed by atoms with Gasteiger partial charge in [0.05, 0.1) is 12.7 Å². The largest absolute Gasteiger partial charge is 0.496 e. The standard InChI is InChI=1S/C29H41N5O4/c1-20(2)18-30-28(37)31-23-10-11-24(25(17-23)38-6)27(36)34-14-12-33(13-15-34)19-21-8-7-9-22(16-21)26(35)32-29(3,4)5/h7-11,16-17,20H,12-15,18-19H2,1-6H3,(H,32,35)(H2,30,31,37). The van der Waals surface area contributed by atoms with Crippen LogP contribution < -0.4 is 20.7 Å². The van der Waals surface area contributed by atoms with Crippen molar-refractivity contribution >= 4 is 23.5 Å². The highest BCUT2D eigenvalue weighted by Crippen LogP contribution is 2.25. The quantitative estimate of drug-likeness (QED) is 0.486. The fraction of sp³-hybridized carbons (Fsp3) is 0.483. The van der Waals surface area contributed by atoms with Gasteiger partial charge in [-0.05, 0) is 56.5 Å². The Balaban J connectivity index is 1.57. The summed E-state index contributed by atoms with van der Waals surface area (Å²) < 4.78 is 5.48. The molecular weight excluding hydrogens is 482 g/mol. The monoisotopic (exact) mass is 523 g/mol. The molecule has 0 unspecified atom stereocenters. The lowest BCUT2D eigenvalue weighted by molar-refractivity contribution is 0.0625. The van der Waals surface area contributed by atoms with E-state index in [-0.39, 0.29) is 23.4 Å². The zero-order chi connectivity index (χ0) is 27.9. The summed E-state index contributed by atoms with van der Waals surface area (Å²) >= 11 is 0. The van der Waals surface area contributed by atoms with Gasteiger partial charge < -0.3 is 25.6 Å². The summed E-state index contributed by atoms with van der Waals surface area (Å²) in [4.78, 5) is 42.0. The minimum atomic E-state index is -0.295. The summed E-state index contributed by atoms with van der Waals surface area (Å²) in [6.45, 7) is 13.8. The summed E-state index contributed by atoms with van der Waals surface area (Å²) in [5.41, 5.74) is 2.44. The van der Waals surface area contributed by atoms with Crippen molar-refractivity contribution in [1.29, 1.82) is 0 Å². The predicted octanol–water partition coefficient (Wildman–Crippen LogP) is 3.96. The van der Waals surface area contributed by atoms with Gasteiger partial charge in [0.15, 0.2) is 0 Å². The van der Waals surface area contributed by atoms with Gasteiger partial charge in [-0.2, -0.15) is 0 Å². The zero-order valence-electron chi connectivity index (χ0n) is 23.4. The van der Waals surface area contributed by atoms with Gasteiger partial charge in [0.25, 0.3) is 11.8 Å². The lowest BCUT2D eigenvalue weighted by Gasteiger charge is -2.35. The second-order valence-electron chi connectivity index (χ2n) is 11.1. The fourth-order valence-corrected chi connectivity index (χ4v) is 4.18. The molecule has 3 rings (SSSR count). The van der Waals surface area contributed by atoms with E-state index < -0.39 is 0 Å². The molecule has 1 aliphatic rings. The van der Waals surface area contributed by atoms with Crippen molar-refractivity contribution in [2.24, 2.45) is 5.92 Å². The molecule has 1 heterocycles. The number of urea groups is 1. The number of ether oxygens (including phenoxy) is 1. The number of methoxy groups -OCH3 is 1. The van der Waals surface area contributed by atoms with Crippen LogP contribution in [0.4, 0.5) is 10.5 Å². The number of hydrogen-bond acceptors (Lipinski definition) is 5. The summed E-state index contributed by atoms with van der Waals surface area (Å²) in [7, 11) is 1.52. The van der Waals surface area contributed by atoms with Crippen molar-refractivity contribution in [1.82, 2.24) is 20.4 Å². The van der Waals surface area contributed by atoms with E-state index in [1.54, 1.807) is 18.2 Å². The molecule has 4 amide bonds. The Morgan fingerprint density at radius 3 is 2.34 bits per heavy atom. The summed E-state index contributed by atoms with van der Waals surface area (Å²) in [6.07, 6.45) is 0. The minimum absolute atomic E-state index is 0.0823. The van der Waals surface area contributed by atoms with Crippen molar-refractivity contribution in [2.45, 2.75) is 46.7 Å². The van der Waals surface area contributed by atoms with Crippen LogP contribution in [0.15, 0.2) is 42.5 Å². The first kappa shape index (κ1) is 29.0. The summed E-state index contributed by atoms with van der Waals surface area (Å²) in [5.74, 6) is 0.588. The Bertz CT molecular complexity index is 1130. The molecule has 206 valence electrons. The molecule has 1 aliphatic heterocycles. The van der Waals surface area contributed by atoms with E-state index in [1.807, 2.05) is 63.8 Å². The molecule has 9 nitrogen and oxygen atoms in total. The number of nitrogens with one attached hydrogen (secondary N) is 3. The van der Waals surface area contributed by atoms with E-state index in [0.717, 1.165) is 18.7 Å². The molecule has 9 heteroatoms. The third-order valence-electron chi connectivity index (χ3n) is 6.10. The van der Waals surface area contributed by atoms with Gasteiger partial charge in [-0.25, -0.2) is 4.79 Å². The smallest absolute Gasteiger partial charge is 0.319 e. The number of anilines is 1. The summed E-state index contributed by atoms with van der Waals surface area (Å²) in [6, 6.07) is 12.5. The first-order valence-electron chi connectivity index (χ1n) is 13.1. The molecular formula is C29H41N5O4. The SMILES string of the molecule is COc1cc(NC(=O)NCC(C)C)ccc1C(=O)N1CCN(Cc2cccc(C(=O)NC(C)(C)C)c2)CC1. The van der Waals surface area contributed by atoms with E-state index in [0.29, 0.717) is 54.7 Å². The third kappa shape index (κ3) is 8.48. The Morgan fingerprint density at radius 1 is 1.00 bits per heavy atom. The summed E-state index contributed by atoms with van der Waals surface area (Å²) in [5, 5.41) is 8.59. The van der Waals surface area contributed by atoms with Gasteiger partial charge >= 0.3 is 6.03 Å². The molecule has 3 N–H and O–H groups in total. The van der Waals surface area contributed by atoms with Gasteiger partial charge in [0, 0.05) is 62.1 Å².